The van der Waals surface area contributed by atoms with E-state index in [0.29, 0.717) is 18.4 Å². The molecule has 2 aliphatic heterocycles. The Bertz CT molecular complexity index is 2260. The Morgan fingerprint density at radius 2 is 1.19 bits per heavy atom. The van der Waals surface area contributed by atoms with Crippen LogP contribution in [0.5, 0.6) is 0 Å². The van der Waals surface area contributed by atoms with E-state index >= 15 is 0 Å². The lowest BCUT2D eigenvalue weighted by Crippen LogP contribution is -2.51. The Morgan fingerprint density at radius 1 is 0.661 bits per heavy atom. The van der Waals surface area contributed by atoms with Crippen LogP contribution < -0.4 is 9.62 Å². The highest BCUT2D eigenvalue weighted by atomic mass is 32.2. The first-order valence-corrected chi connectivity index (χ1v) is 26.9. The number of likely N-dealkylation sites (N-methyl/N-ethyl adjacent to an activating group) is 2. The number of benzene rings is 1. The molecule has 0 saturated carbocycles. The molecule has 0 bridgehead atoms. The van der Waals surface area contributed by atoms with E-state index in [1.54, 1.807) is 6.08 Å². The van der Waals surface area contributed by atoms with E-state index in [1.807, 2.05) is 32.3 Å². The van der Waals surface area contributed by atoms with Crippen molar-refractivity contribution in [1.82, 2.24) is 4.90 Å². The van der Waals surface area contributed by atoms with E-state index in [0.717, 1.165) is 112 Å². The van der Waals surface area contributed by atoms with Gasteiger partial charge < -0.3 is 14.9 Å². The number of aliphatic hydroxyl groups excluding tert-OH is 1. The number of fused-ring (bicyclic) bond motifs is 2. The third-order valence-electron chi connectivity index (χ3n) is 15.5. The van der Waals surface area contributed by atoms with E-state index in [1.165, 1.54) is 0 Å². The van der Waals surface area contributed by atoms with Crippen molar-refractivity contribution in [2.24, 2.45) is 9.81 Å². The van der Waals surface area contributed by atoms with Gasteiger partial charge in [0, 0.05) is 58.5 Å². The second-order valence-corrected chi connectivity index (χ2v) is 23.6. The Morgan fingerprint density at radius 3 is 1.74 bits per heavy atom. The van der Waals surface area contributed by atoms with Crippen LogP contribution >= 0.6 is 0 Å². The number of ketones is 1. The molecule has 1 saturated heterocycles. The average Bonchev–Trinajstić information content (AvgIpc) is 3.42. The van der Waals surface area contributed by atoms with E-state index in [2.05, 4.69) is 88.2 Å². The van der Waals surface area contributed by atoms with Crippen LogP contribution in [0.4, 0.5) is 11.4 Å². The van der Waals surface area contributed by atoms with Gasteiger partial charge in [-0.1, -0.05) is 132 Å². The zero-order valence-corrected chi connectivity index (χ0v) is 41.8. The number of likely N-dealkylation sites (tertiary alicyclic amines) is 1. The van der Waals surface area contributed by atoms with Gasteiger partial charge in [-0.2, -0.15) is 4.40 Å². The molecule has 4 aliphatic rings. The molecule has 2 N–H and O–H groups in total. The molecule has 62 heavy (non-hydrogen) atoms. The molecule has 0 radical (unpaired) electrons. The van der Waals surface area contributed by atoms with Gasteiger partial charge in [0.25, 0.3) is 10.0 Å². The highest BCUT2D eigenvalue weighted by molar-refractivity contribution is 7.92. The van der Waals surface area contributed by atoms with Crippen molar-refractivity contribution in [3.8, 4) is 0 Å². The van der Waals surface area contributed by atoms with Crippen molar-refractivity contribution >= 4 is 48.5 Å². The van der Waals surface area contributed by atoms with Crippen molar-refractivity contribution in [3.63, 3.8) is 0 Å². The largest absolute Gasteiger partial charge is 0.506 e. The highest BCUT2D eigenvalue weighted by Crippen LogP contribution is 2.58. The number of hydrogen-bond donors (Lipinski definition) is 2. The number of nitrogens with zero attached hydrogens (tertiary/aromatic N) is 3. The van der Waals surface area contributed by atoms with Gasteiger partial charge in [-0.3, -0.25) is 9.52 Å². The van der Waals surface area contributed by atoms with Crippen molar-refractivity contribution in [2.75, 3.05) is 35.2 Å². The predicted molar refractivity (Wildman–Crippen MR) is 259 cm³/mol. The molecule has 2 aliphatic carbocycles. The quantitative estimate of drug-likeness (QED) is 0.0867. The molecule has 2 heterocycles. The number of Topliss-reactive ketones (excluding diaryl/α,β-unsaturated/α-hetero) is 1. The molecule has 1 aromatic rings. The summed E-state index contributed by atoms with van der Waals surface area (Å²) in [4.78, 5) is 19.3. The maximum Gasteiger partial charge on any atom is 0.253 e. The van der Waals surface area contributed by atoms with Crippen molar-refractivity contribution < 1.29 is 26.7 Å². The Hall–Kier alpha value is -3.38. The van der Waals surface area contributed by atoms with Gasteiger partial charge in [0.1, 0.15) is 5.76 Å². The van der Waals surface area contributed by atoms with Crippen LogP contribution in [-0.4, -0.2) is 75.0 Å². The van der Waals surface area contributed by atoms with Crippen LogP contribution in [0.1, 0.15) is 183 Å². The molecule has 346 valence electrons. The summed E-state index contributed by atoms with van der Waals surface area (Å²) in [5.74, 6) is -0.948. The summed E-state index contributed by atoms with van der Waals surface area (Å²) in [6.07, 6.45) is 18.4. The van der Waals surface area contributed by atoms with E-state index in [-0.39, 0.29) is 56.5 Å². The number of allylic oxidation sites excluding steroid dienone is 6. The molecule has 2 unspecified atom stereocenters. The van der Waals surface area contributed by atoms with E-state index in [4.69, 9.17) is 0 Å². The minimum Gasteiger partial charge on any atom is -0.506 e. The standard InChI is InChI=1S/C50H78N4O6S2/c1-13-17-19-21-23-25-29-61(57,58)51-39-33-41-37(47(5,6)49(9,27-15-3)53(41)11)31-35(39)43-45(55)44(46(43)56)36-32-38-42(54(12)50(10,28-16-4)48(38,7)8)34-40(36)52-62(59,60)30-26-24-22-20-18-14-2/h31-34,51,55H,13-30H2,1-12H3/b44-36+,52-40?. The fourth-order valence-corrected chi connectivity index (χ4v) is 12.9. The van der Waals surface area contributed by atoms with Gasteiger partial charge in [-0.25, -0.2) is 16.8 Å². The normalized spacial score (nSPS) is 25.0. The Kier molecular flexibility index (Phi) is 15.2. The maximum absolute atomic E-state index is 14.9. The minimum atomic E-state index is -3.95. The fourth-order valence-electron chi connectivity index (χ4n) is 10.6. The van der Waals surface area contributed by atoms with Gasteiger partial charge in [-0.15, -0.1) is 0 Å². The second kappa shape index (κ2) is 19.0. The van der Waals surface area contributed by atoms with E-state index in [9.17, 15) is 26.7 Å². The van der Waals surface area contributed by atoms with Gasteiger partial charge in [-0.05, 0) is 75.0 Å². The van der Waals surface area contributed by atoms with Crippen molar-refractivity contribution in [3.05, 3.63) is 63.6 Å². The van der Waals surface area contributed by atoms with Gasteiger partial charge in [0.05, 0.1) is 34.1 Å². The smallest absolute Gasteiger partial charge is 0.253 e. The Labute approximate surface area is 375 Å². The first-order chi connectivity index (χ1) is 29.0. The highest BCUT2D eigenvalue weighted by Gasteiger charge is 2.56. The zero-order chi connectivity index (χ0) is 46.1. The molecule has 1 fully saturated rings. The lowest BCUT2D eigenvalue weighted by Gasteiger charge is -2.44. The number of carbonyl (C=O) groups excluding carboxylic acids is 1. The van der Waals surface area contributed by atoms with Gasteiger partial charge in [0.15, 0.2) is 0 Å². The number of rotatable bonds is 22. The third kappa shape index (κ3) is 9.12. The number of sulfonamides is 2. The predicted octanol–water partition coefficient (Wildman–Crippen LogP) is 11.7. The molecular weight excluding hydrogens is 817 g/mol. The summed E-state index contributed by atoms with van der Waals surface area (Å²) in [6, 6.07) is 3.72. The molecule has 0 aromatic heterocycles. The first-order valence-electron chi connectivity index (χ1n) is 23.7. The zero-order valence-electron chi connectivity index (χ0n) is 40.2. The number of unbranched alkanes of at least 4 members (excludes halogenated alkanes) is 10. The topological polar surface area (TPSA) is 136 Å². The van der Waals surface area contributed by atoms with Gasteiger partial charge in [0.2, 0.25) is 15.8 Å². The average molecular weight is 895 g/mol. The first kappa shape index (κ1) is 49.6. The van der Waals surface area contributed by atoms with E-state index < -0.39 is 36.7 Å². The Balaban J connectivity index is 1.68. The molecule has 2 atom stereocenters. The maximum atomic E-state index is 14.9. The number of aliphatic hydroxyl groups is 1. The lowest BCUT2D eigenvalue weighted by atomic mass is 9.67. The minimum absolute atomic E-state index is 0.00699. The molecular formula is C50H78N4O6S2. The van der Waals surface area contributed by atoms with Crippen LogP contribution in [0, 0.1) is 5.41 Å². The molecule has 10 nitrogen and oxygen atoms in total. The van der Waals surface area contributed by atoms with Gasteiger partial charge >= 0.3 is 0 Å². The summed E-state index contributed by atoms with van der Waals surface area (Å²) in [6.45, 7) is 21.8. The third-order valence-corrected chi connectivity index (χ3v) is 18.1. The van der Waals surface area contributed by atoms with Crippen LogP contribution in [0.3, 0.4) is 0 Å². The summed E-state index contributed by atoms with van der Waals surface area (Å²) >= 11 is 0. The number of hydrogen-bond acceptors (Lipinski definition) is 8. The fraction of sp³-hybridized carbons (Fsp3) is 0.680. The summed E-state index contributed by atoms with van der Waals surface area (Å²) in [5, 5.41) is 12.2. The van der Waals surface area contributed by atoms with Crippen molar-refractivity contribution in [2.45, 2.75) is 188 Å². The summed E-state index contributed by atoms with van der Waals surface area (Å²) in [5.41, 5.74) is 3.16. The molecule has 0 spiro atoms. The van der Waals surface area contributed by atoms with Crippen LogP contribution in [0.15, 0.2) is 56.9 Å². The van der Waals surface area contributed by atoms with Crippen LogP contribution in [0.2, 0.25) is 0 Å². The number of nitrogens with one attached hydrogen (secondary N) is 1. The SMILES string of the molecule is CCCCCCCCS(=O)(=O)N=C1C=C2C(=C/C1=C1\C(=O)C(c3cc4c(cc3NS(=O)(=O)CCCCCCCC)N(C)C(C)(CCC)C4(C)C)=C1O)C(C)(C)C(C)(CCC)N2C. The number of carbonyl (C=O) groups is 1. The van der Waals surface area contributed by atoms with Crippen LogP contribution in [-0.2, 0) is 30.3 Å². The molecule has 12 heteroatoms. The molecule has 0 amide bonds. The molecule has 1 aromatic carbocycles. The monoisotopic (exact) mass is 895 g/mol. The number of anilines is 2. The summed E-state index contributed by atoms with van der Waals surface area (Å²) < 4.78 is 62.4. The van der Waals surface area contributed by atoms with Crippen molar-refractivity contribution in [1.29, 1.82) is 0 Å². The molecule has 5 rings (SSSR count). The van der Waals surface area contributed by atoms with Crippen LogP contribution in [0.25, 0.3) is 5.57 Å². The second-order valence-electron chi connectivity index (χ2n) is 20.0. The lowest BCUT2D eigenvalue weighted by molar-refractivity contribution is -0.111. The summed E-state index contributed by atoms with van der Waals surface area (Å²) in [7, 11) is -3.71.